The molecule has 1 amide bonds. The molecule has 1 unspecified atom stereocenters. The summed E-state index contributed by atoms with van der Waals surface area (Å²) in [4.78, 5) is 43.2. The van der Waals surface area contributed by atoms with Gasteiger partial charge in [-0.1, -0.05) is 46.9 Å². The number of benzene rings is 1. The number of hydrogen-bond acceptors (Lipinski definition) is 6. The number of methoxy groups -OCH3 is 1. The minimum absolute atomic E-state index is 0.107. The summed E-state index contributed by atoms with van der Waals surface area (Å²) in [7, 11) is 1.31. The number of ether oxygens (including phenoxy) is 1. The number of ketones is 1. The molecule has 0 fully saturated rings. The zero-order valence-electron chi connectivity index (χ0n) is 18.7. The van der Waals surface area contributed by atoms with E-state index in [9.17, 15) is 14.4 Å². The number of Topliss-reactive ketones (excluding diaryl/α,β-unsaturated/α-hetero) is 1. The largest absolute Gasteiger partial charge is 0.467 e. The van der Waals surface area contributed by atoms with Crippen LogP contribution in [0.4, 0.5) is 5.69 Å². The highest BCUT2D eigenvalue weighted by molar-refractivity contribution is 6.47. The molecule has 2 heterocycles. The van der Waals surface area contributed by atoms with E-state index in [0.29, 0.717) is 25.1 Å². The molecule has 4 rings (SSSR count). The number of hydrogen-bond donors (Lipinski definition) is 1. The van der Waals surface area contributed by atoms with E-state index in [0.717, 1.165) is 16.8 Å². The highest BCUT2D eigenvalue weighted by Crippen LogP contribution is 2.43. The summed E-state index contributed by atoms with van der Waals surface area (Å²) in [6.45, 7) is 3.98. The topological polar surface area (TPSA) is 88.6 Å². The molecule has 0 radical (unpaired) electrons. The normalized spacial score (nSPS) is 17.2. The molecule has 1 aromatic heterocycles. The van der Waals surface area contributed by atoms with Crippen LogP contribution in [0.15, 0.2) is 41.3 Å². The van der Waals surface area contributed by atoms with Gasteiger partial charge in [-0.2, -0.15) is 0 Å². The van der Waals surface area contributed by atoms with Crippen LogP contribution in [0.5, 0.6) is 0 Å². The second-order valence-corrected chi connectivity index (χ2v) is 9.91. The first-order chi connectivity index (χ1) is 16.1. The van der Waals surface area contributed by atoms with Crippen LogP contribution in [0.25, 0.3) is 0 Å². The average molecular weight is 523 g/mol. The van der Waals surface area contributed by atoms with E-state index in [1.165, 1.54) is 19.5 Å². The monoisotopic (exact) mass is 521 g/mol. The Kier molecular flexibility index (Phi) is 6.64. The maximum Gasteiger partial charge on any atom is 0.328 e. The lowest BCUT2D eigenvalue weighted by Crippen LogP contribution is -2.50. The molecule has 0 saturated heterocycles. The number of nitrogens with one attached hydrogen (secondary N) is 1. The maximum absolute atomic E-state index is 13.1. The molecule has 178 valence electrons. The van der Waals surface area contributed by atoms with E-state index in [2.05, 4.69) is 10.3 Å². The van der Waals surface area contributed by atoms with Gasteiger partial charge in [0.1, 0.15) is 11.1 Å². The number of carbonyl (C=O) groups excluding carboxylic acids is 3. The van der Waals surface area contributed by atoms with Gasteiger partial charge >= 0.3 is 5.97 Å². The van der Waals surface area contributed by atoms with E-state index in [4.69, 9.17) is 39.5 Å². The molecular formula is C24H22Cl3N3O4. The van der Waals surface area contributed by atoms with Gasteiger partial charge in [-0.05, 0) is 37.5 Å². The van der Waals surface area contributed by atoms with E-state index in [1.807, 2.05) is 18.2 Å². The Labute approximate surface area is 212 Å². The number of rotatable bonds is 6. The quantitative estimate of drug-likeness (QED) is 0.568. The van der Waals surface area contributed by atoms with Gasteiger partial charge in [0.15, 0.2) is 5.78 Å². The Balaban J connectivity index is 1.56. The fraction of sp³-hybridized carbons (Fsp3) is 0.333. The van der Waals surface area contributed by atoms with E-state index in [1.54, 1.807) is 18.7 Å². The number of pyridine rings is 1. The van der Waals surface area contributed by atoms with Crippen molar-refractivity contribution in [2.45, 2.75) is 32.7 Å². The van der Waals surface area contributed by atoms with Crippen molar-refractivity contribution in [1.29, 1.82) is 0 Å². The molecule has 0 saturated carbocycles. The molecule has 2 aromatic rings. The predicted octanol–water partition coefficient (Wildman–Crippen LogP) is 4.32. The summed E-state index contributed by atoms with van der Waals surface area (Å²) < 4.78 is 4.96. The van der Waals surface area contributed by atoms with Crippen molar-refractivity contribution in [2.24, 2.45) is 5.41 Å². The Morgan fingerprint density at radius 1 is 1.21 bits per heavy atom. The Morgan fingerprint density at radius 2 is 1.88 bits per heavy atom. The van der Waals surface area contributed by atoms with E-state index < -0.39 is 17.4 Å². The highest BCUT2D eigenvalue weighted by atomic mass is 35.5. The fourth-order valence-electron chi connectivity index (χ4n) is 4.25. The third kappa shape index (κ3) is 4.17. The van der Waals surface area contributed by atoms with Crippen molar-refractivity contribution >= 4 is 58.1 Å². The molecule has 1 aliphatic heterocycles. The molecule has 1 aromatic carbocycles. The SMILES string of the molecule is COC(=O)C(Cc1ccc2c(c1)CCN2C(=O)c1c(Cl)cncc1Cl)NC1=C(Cl)C(=O)C1(C)C. The lowest BCUT2D eigenvalue weighted by atomic mass is 9.74. The minimum Gasteiger partial charge on any atom is -0.467 e. The van der Waals surface area contributed by atoms with Crippen LogP contribution in [-0.2, 0) is 27.2 Å². The second kappa shape index (κ2) is 9.21. The van der Waals surface area contributed by atoms with Crippen LogP contribution < -0.4 is 10.2 Å². The molecule has 2 aliphatic rings. The van der Waals surface area contributed by atoms with Crippen LogP contribution in [0.1, 0.15) is 35.3 Å². The van der Waals surface area contributed by atoms with Crippen LogP contribution in [-0.4, -0.2) is 42.3 Å². The molecule has 0 spiro atoms. The third-order valence-electron chi connectivity index (χ3n) is 6.21. The molecule has 7 nitrogen and oxygen atoms in total. The number of allylic oxidation sites excluding steroid dienone is 2. The number of aromatic nitrogens is 1. The van der Waals surface area contributed by atoms with Gasteiger partial charge < -0.3 is 15.0 Å². The average Bonchev–Trinajstić information content (AvgIpc) is 3.23. The summed E-state index contributed by atoms with van der Waals surface area (Å²) in [5, 5.41) is 3.60. The summed E-state index contributed by atoms with van der Waals surface area (Å²) >= 11 is 18.4. The van der Waals surface area contributed by atoms with Crippen LogP contribution >= 0.6 is 34.8 Å². The van der Waals surface area contributed by atoms with Gasteiger partial charge in [-0.3, -0.25) is 14.6 Å². The number of anilines is 1. The number of nitrogens with zero attached hydrogens (tertiary/aromatic N) is 2. The summed E-state index contributed by atoms with van der Waals surface area (Å²) in [5.41, 5.74) is 2.56. The second-order valence-electron chi connectivity index (χ2n) is 8.72. The number of esters is 1. The first kappa shape index (κ1) is 24.5. The van der Waals surface area contributed by atoms with Gasteiger partial charge in [-0.25, -0.2) is 4.79 Å². The van der Waals surface area contributed by atoms with Crippen LogP contribution in [0, 0.1) is 5.41 Å². The number of amides is 1. The maximum atomic E-state index is 13.1. The lowest BCUT2D eigenvalue weighted by Gasteiger charge is -2.38. The van der Waals surface area contributed by atoms with Crippen molar-refractivity contribution in [3.8, 4) is 0 Å². The van der Waals surface area contributed by atoms with Crippen LogP contribution in [0.3, 0.4) is 0 Å². The number of carbonyl (C=O) groups is 3. The summed E-state index contributed by atoms with van der Waals surface area (Å²) in [5.74, 6) is -0.931. The predicted molar refractivity (Wildman–Crippen MR) is 130 cm³/mol. The molecular weight excluding hydrogens is 501 g/mol. The van der Waals surface area contributed by atoms with E-state index in [-0.39, 0.29) is 32.3 Å². The molecule has 0 bridgehead atoms. The Bertz CT molecular complexity index is 1220. The molecule has 34 heavy (non-hydrogen) atoms. The minimum atomic E-state index is -0.780. The standard InChI is InChI=1S/C24H22Cl3N3O4/c1-24(2)20(19(27)21(24)31)29-16(23(33)34-3)9-12-4-5-17-13(8-12)6-7-30(17)22(32)18-14(25)10-28-11-15(18)26/h4-5,8,10-11,16,29H,6-7,9H2,1-3H3. The first-order valence-electron chi connectivity index (χ1n) is 10.6. The van der Waals surface area contributed by atoms with Crippen molar-refractivity contribution < 1.29 is 19.1 Å². The Morgan fingerprint density at radius 3 is 2.50 bits per heavy atom. The van der Waals surface area contributed by atoms with Crippen molar-refractivity contribution in [2.75, 3.05) is 18.6 Å². The van der Waals surface area contributed by atoms with Gasteiger partial charge in [-0.15, -0.1) is 0 Å². The van der Waals surface area contributed by atoms with E-state index >= 15 is 0 Å². The summed E-state index contributed by atoms with van der Waals surface area (Å²) in [6, 6.07) is 4.93. The number of fused-ring (bicyclic) bond motifs is 1. The Hall–Kier alpha value is -2.61. The fourth-order valence-corrected chi connectivity index (χ4v) is 5.30. The third-order valence-corrected chi connectivity index (χ3v) is 7.14. The number of halogens is 3. The lowest BCUT2D eigenvalue weighted by molar-refractivity contribution is -0.143. The zero-order chi connectivity index (χ0) is 24.8. The van der Waals surface area contributed by atoms with Crippen molar-refractivity contribution in [3.05, 3.63) is 68.1 Å². The molecule has 1 N–H and O–H groups in total. The van der Waals surface area contributed by atoms with Gasteiger partial charge in [0.2, 0.25) is 0 Å². The molecule has 1 aliphatic carbocycles. The van der Waals surface area contributed by atoms with Crippen molar-refractivity contribution in [3.63, 3.8) is 0 Å². The van der Waals surface area contributed by atoms with Crippen molar-refractivity contribution in [1.82, 2.24) is 10.3 Å². The first-order valence-corrected chi connectivity index (χ1v) is 11.7. The molecule has 1 atom stereocenters. The van der Waals surface area contributed by atoms with Gasteiger partial charge in [0, 0.05) is 36.7 Å². The van der Waals surface area contributed by atoms with Gasteiger partial charge in [0.25, 0.3) is 5.91 Å². The zero-order valence-corrected chi connectivity index (χ0v) is 21.0. The molecule has 10 heteroatoms. The summed E-state index contributed by atoms with van der Waals surface area (Å²) in [6.07, 6.45) is 3.73. The highest BCUT2D eigenvalue weighted by Gasteiger charge is 2.47. The van der Waals surface area contributed by atoms with Crippen LogP contribution in [0.2, 0.25) is 10.0 Å². The van der Waals surface area contributed by atoms with Gasteiger partial charge in [0.05, 0.1) is 28.1 Å². The smallest absolute Gasteiger partial charge is 0.328 e.